The maximum Gasteiger partial charge on any atom is 0.318 e. The lowest BCUT2D eigenvalue weighted by atomic mass is 10.3. The fourth-order valence-corrected chi connectivity index (χ4v) is 2.97. The molecule has 0 unspecified atom stereocenters. The molecule has 0 radical (unpaired) electrons. The van der Waals surface area contributed by atoms with Crippen molar-refractivity contribution < 1.29 is 14.4 Å². The zero-order chi connectivity index (χ0) is 18.1. The van der Waals surface area contributed by atoms with Gasteiger partial charge in [0, 0.05) is 16.3 Å². The average molecular weight is 357 g/mol. The number of nitrogens with zero attached hydrogens (tertiary/aromatic N) is 1. The molecule has 0 aliphatic carbocycles. The van der Waals surface area contributed by atoms with Crippen LogP contribution in [0.2, 0.25) is 0 Å². The van der Waals surface area contributed by atoms with Crippen molar-refractivity contribution in [2.75, 3.05) is 18.4 Å². The molecule has 0 spiro atoms. The van der Waals surface area contributed by atoms with Gasteiger partial charge in [-0.15, -0.1) is 0 Å². The molecular weight excluding hydrogens is 338 g/mol. The van der Waals surface area contributed by atoms with Crippen molar-refractivity contribution in [1.82, 2.24) is 4.90 Å². The van der Waals surface area contributed by atoms with E-state index in [0.717, 1.165) is 14.7 Å². The summed E-state index contributed by atoms with van der Waals surface area (Å²) in [5.74, 6) is -1.76. The Morgan fingerprint density at radius 1 is 1.08 bits per heavy atom. The Bertz CT molecular complexity index is 737. The number of benzene rings is 2. The lowest BCUT2D eigenvalue weighted by Crippen LogP contribution is -2.40. The standard InChI is InChI=1S/C18H19N3O3S/c19-11-6-12-21(13-22)18(24)17(23)20-15-9-4-5-10-16(15)25-14-7-2-1-3-8-14/h1-5,7-10,13H,6,11-12,19H2,(H,20,23). The molecule has 0 bridgehead atoms. The fraction of sp³-hybridized carbons (Fsp3) is 0.167. The summed E-state index contributed by atoms with van der Waals surface area (Å²) in [5.41, 5.74) is 5.88. The van der Waals surface area contributed by atoms with Crippen molar-refractivity contribution in [2.45, 2.75) is 16.2 Å². The van der Waals surface area contributed by atoms with Crippen molar-refractivity contribution >= 4 is 35.7 Å². The van der Waals surface area contributed by atoms with E-state index in [2.05, 4.69) is 5.32 Å². The highest BCUT2D eigenvalue weighted by molar-refractivity contribution is 7.99. The van der Waals surface area contributed by atoms with Gasteiger partial charge in [-0.25, -0.2) is 0 Å². The molecular formula is C18H19N3O3S. The van der Waals surface area contributed by atoms with Crippen LogP contribution in [0.15, 0.2) is 64.4 Å². The molecule has 2 aromatic rings. The molecule has 6 nitrogen and oxygen atoms in total. The summed E-state index contributed by atoms with van der Waals surface area (Å²) in [5, 5.41) is 2.58. The number of rotatable bonds is 7. The summed E-state index contributed by atoms with van der Waals surface area (Å²) < 4.78 is 0. The second kappa shape index (κ2) is 9.61. The minimum absolute atomic E-state index is 0.118. The van der Waals surface area contributed by atoms with Crippen LogP contribution < -0.4 is 11.1 Å². The number of para-hydroxylation sites is 1. The summed E-state index contributed by atoms with van der Waals surface area (Å²) in [4.78, 5) is 37.9. The van der Waals surface area contributed by atoms with Crippen LogP contribution >= 0.6 is 11.8 Å². The Labute approximate surface area is 150 Å². The van der Waals surface area contributed by atoms with Crippen molar-refractivity contribution in [3.8, 4) is 0 Å². The number of carbonyl (C=O) groups excluding carboxylic acids is 3. The van der Waals surface area contributed by atoms with Crippen LogP contribution in [-0.2, 0) is 14.4 Å². The predicted octanol–water partition coefficient (Wildman–Crippen LogP) is 2.11. The number of amides is 3. The topological polar surface area (TPSA) is 92.5 Å². The molecule has 0 atom stereocenters. The SMILES string of the molecule is NCCCN(C=O)C(=O)C(=O)Nc1ccccc1Sc1ccccc1. The molecule has 25 heavy (non-hydrogen) atoms. The quantitative estimate of drug-likeness (QED) is 0.585. The molecule has 3 amide bonds. The molecule has 0 saturated heterocycles. The minimum atomic E-state index is -0.900. The van der Waals surface area contributed by atoms with Crippen LogP contribution in [0.25, 0.3) is 0 Å². The Hall–Kier alpha value is -2.64. The van der Waals surface area contributed by atoms with Crippen LogP contribution in [-0.4, -0.2) is 36.2 Å². The van der Waals surface area contributed by atoms with Gasteiger partial charge in [0.1, 0.15) is 0 Å². The first-order valence-electron chi connectivity index (χ1n) is 7.75. The second-order valence-electron chi connectivity index (χ2n) is 5.11. The molecule has 0 saturated carbocycles. The summed E-state index contributed by atoms with van der Waals surface area (Å²) in [6.07, 6.45) is 0.792. The van der Waals surface area contributed by atoms with Gasteiger partial charge in [-0.2, -0.15) is 0 Å². The predicted molar refractivity (Wildman–Crippen MR) is 97.1 cm³/mol. The Kier molecular flexibility index (Phi) is 7.18. The fourth-order valence-electron chi connectivity index (χ4n) is 2.04. The molecule has 0 aromatic heterocycles. The summed E-state index contributed by atoms with van der Waals surface area (Å²) in [7, 11) is 0. The molecule has 0 heterocycles. The lowest BCUT2D eigenvalue weighted by Gasteiger charge is -2.15. The zero-order valence-electron chi connectivity index (χ0n) is 13.6. The number of hydrogen-bond donors (Lipinski definition) is 2. The van der Waals surface area contributed by atoms with Gasteiger partial charge >= 0.3 is 11.8 Å². The van der Waals surface area contributed by atoms with Crippen LogP contribution in [0.3, 0.4) is 0 Å². The molecule has 2 aromatic carbocycles. The highest BCUT2D eigenvalue weighted by Gasteiger charge is 2.22. The molecule has 3 N–H and O–H groups in total. The van der Waals surface area contributed by atoms with Gasteiger partial charge in [-0.1, -0.05) is 42.1 Å². The first kappa shape index (κ1) is 18.7. The number of hydrogen-bond acceptors (Lipinski definition) is 5. The Morgan fingerprint density at radius 2 is 1.76 bits per heavy atom. The van der Waals surface area contributed by atoms with Gasteiger partial charge in [0.2, 0.25) is 6.41 Å². The van der Waals surface area contributed by atoms with Gasteiger partial charge in [-0.3, -0.25) is 19.3 Å². The van der Waals surface area contributed by atoms with Crippen molar-refractivity contribution in [3.05, 3.63) is 54.6 Å². The maximum absolute atomic E-state index is 12.2. The molecule has 0 aliphatic heterocycles. The van der Waals surface area contributed by atoms with Gasteiger partial charge in [0.25, 0.3) is 0 Å². The van der Waals surface area contributed by atoms with Crippen molar-refractivity contribution in [2.24, 2.45) is 5.73 Å². The van der Waals surface area contributed by atoms with E-state index in [4.69, 9.17) is 5.73 Å². The smallest absolute Gasteiger partial charge is 0.318 e. The number of imide groups is 1. The average Bonchev–Trinajstić information content (AvgIpc) is 2.64. The number of nitrogens with one attached hydrogen (secondary N) is 1. The van der Waals surface area contributed by atoms with E-state index >= 15 is 0 Å². The third-order valence-corrected chi connectivity index (χ3v) is 4.38. The molecule has 7 heteroatoms. The van der Waals surface area contributed by atoms with Crippen molar-refractivity contribution in [1.29, 1.82) is 0 Å². The molecule has 0 aliphatic rings. The lowest BCUT2D eigenvalue weighted by molar-refractivity contribution is -0.146. The Balaban J connectivity index is 2.10. The summed E-state index contributed by atoms with van der Waals surface area (Å²) >= 11 is 1.47. The number of anilines is 1. The summed E-state index contributed by atoms with van der Waals surface area (Å²) in [6, 6.07) is 16.9. The molecule has 0 fully saturated rings. The van der Waals surface area contributed by atoms with Gasteiger partial charge in [0.05, 0.1) is 5.69 Å². The van der Waals surface area contributed by atoms with E-state index in [1.165, 1.54) is 11.8 Å². The molecule has 2 rings (SSSR count). The summed E-state index contributed by atoms with van der Waals surface area (Å²) in [6.45, 7) is 0.447. The van der Waals surface area contributed by atoms with Crippen LogP contribution in [0.5, 0.6) is 0 Å². The van der Waals surface area contributed by atoms with Crippen LogP contribution in [0.1, 0.15) is 6.42 Å². The highest BCUT2D eigenvalue weighted by atomic mass is 32.2. The van der Waals surface area contributed by atoms with Crippen molar-refractivity contribution in [3.63, 3.8) is 0 Å². The third-order valence-electron chi connectivity index (χ3n) is 3.29. The maximum atomic E-state index is 12.2. The van der Waals surface area contributed by atoms with Gasteiger partial charge in [0.15, 0.2) is 0 Å². The van der Waals surface area contributed by atoms with E-state index in [1.807, 2.05) is 42.5 Å². The van der Waals surface area contributed by atoms with E-state index in [-0.39, 0.29) is 6.54 Å². The number of nitrogens with two attached hydrogens (primary N) is 1. The first-order chi connectivity index (χ1) is 12.2. The molecule has 130 valence electrons. The van der Waals surface area contributed by atoms with E-state index < -0.39 is 11.8 Å². The minimum Gasteiger partial charge on any atom is -0.330 e. The monoisotopic (exact) mass is 357 g/mol. The highest BCUT2D eigenvalue weighted by Crippen LogP contribution is 2.33. The second-order valence-corrected chi connectivity index (χ2v) is 6.23. The van der Waals surface area contributed by atoms with Gasteiger partial charge in [-0.05, 0) is 37.2 Å². The van der Waals surface area contributed by atoms with E-state index in [1.54, 1.807) is 12.1 Å². The zero-order valence-corrected chi connectivity index (χ0v) is 14.4. The normalized spacial score (nSPS) is 10.1. The van der Waals surface area contributed by atoms with Crippen LogP contribution in [0.4, 0.5) is 5.69 Å². The Morgan fingerprint density at radius 3 is 2.44 bits per heavy atom. The van der Waals surface area contributed by atoms with Crippen LogP contribution in [0, 0.1) is 0 Å². The van der Waals surface area contributed by atoms with Gasteiger partial charge < -0.3 is 11.1 Å². The number of carbonyl (C=O) groups is 3. The first-order valence-corrected chi connectivity index (χ1v) is 8.56. The van der Waals surface area contributed by atoms with E-state index in [0.29, 0.717) is 25.1 Å². The third kappa shape index (κ3) is 5.44. The largest absolute Gasteiger partial charge is 0.330 e. The van der Waals surface area contributed by atoms with E-state index in [9.17, 15) is 14.4 Å².